The van der Waals surface area contributed by atoms with Crippen molar-refractivity contribution in [1.82, 2.24) is 0 Å². The summed E-state index contributed by atoms with van der Waals surface area (Å²) in [5, 5.41) is 9.97. The van der Waals surface area contributed by atoms with E-state index >= 15 is 0 Å². The Kier molecular flexibility index (Phi) is 5.75. The van der Waals surface area contributed by atoms with Crippen molar-refractivity contribution in [3.05, 3.63) is 59.7 Å². The third-order valence-corrected chi connectivity index (χ3v) is 3.04. The van der Waals surface area contributed by atoms with Crippen LogP contribution in [0, 0.1) is 0 Å². The molecular formula is C17H16O7. The van der Waals surface area contributed by atoms with Gasteiger partial charge in [-0.2, -0.15) is 0 Å². The van der Waals surface area contributed by atoms with Gasteiger partial charge in [0, 0.05) is 0 Å². The molecular weight excluding hydrogens is 316 g/mol. The molecule has 0 amide bonds. The molecule has 0 saturated heterocycles. The Hall–Kier alpha value is -3.06. The number of aliphatic hydroxyl groups is 1. The lowest BCUT2D eigenvalue weighted by Gasteiger charge is -2.17. The molecule has 2 rings (SSSR count). The van der Waals surface area contributed by atoms with Gasteiger partial charge in [-0.3, -0.25) is 0 Å². The second kappa shape index (κ2) is 7.98. The molecule has 0 fully saturated rings. The highest BCUT2D eigenvalue weighted by atomic mass is 16.8. The number of para-hydroxylation sites is 2. The molecule has 0 aliphatic carbocycles. The van der Waals surface area contributed by atoms with Crippen LogP contribution in [-0.2, 0) is 9.47 Å². The first-order valence-corrected chi connectivity index (χ1v) is 6.93. The standard InChI is InChI=1S/C17H16O7/c1-21-15(18)11-7-3-5-9-13(11)23-17(20)24-14-10-6-4-8-12(14)16(19)22-2/h3-10,17,20H,1-2H3. The molecule has 0 aliphatic rings. The Morgan fingerprint density at radius 2 is 1.17 bits per heavy atom. The number of carbonyl (C=O) groups excluding carboxylic acids is 2. The van der Waals surface area contributed by atoms with E-state index in [1.54, 1.807) is 24.3 Å². The monoisotopic (exact) mass is 332 g/mol. The molecule has 0 atom stereocenters. The van der Waals surface area contributed by atoms with Gasteiger partial charge in [-0.15, -0.1) is 0 Å². The highest BCUT2D eigenvalue weighted by Gasteiger charge is 2.19. The molecule has 0 bridgehead atoms. The summed E-state index contributed by atoms with van der Waals surface area (Å²) in [4.78, 5) is 23.3. The molecule has 1 N–H and O–H groups in total. The number of esters is 2. The maximum absolute atomic E-state index is 11.7. The Labute approximate surface area is 138 Å². The molecule has 0 unspecified atom stereocenters. The molecule has 0 heterocycles. The number of ether oxygens (including phenoxy) is 4. The van der Waals surface area contributed by atoms with Gasteiger partial charge in [-0.1, -0.05) is 24.3 Å². The van der Waals surface area contributed by atoms with E-state index in [1.165, 1.54) is 38.5 Å². The first kappa shape index (κ1) is 17.3. The quantitative estimate of drug-likeness (QED) is 0.639. The van der Waals surface area contributed by atoms with Crippen molar-refractivity contribution in [2.45, 2.75) is 6.48 Å². The number of hydrogen-bond acceptors (Lipinski definition) is 7. The average molecular weight is 332 g/mol. The zero-order chi connectivity index (χ0) is 17.5. The van der Waals surface area contributed by atoms with Crippen LogP contribution in [0.15, 0.2) is 48.5 Å². The van der Waals surface area contributed by atoms with Crippen LogP contribution in [0.2, 0.25) is 0 Å². The van der Waals surface area contributed by atoms with Gasteiger partial charge in [0.05, 0.1) is 14.2 Å². The summed E-state index contributed by atoms with van der Waals surface area (Å²) < 4.78 is 19.7. The Morgan fingerprint density at radius 1 is 0.792 bits per heavy atom. The van der Waals surface area contributed by atoms with Crippen molar-refractivity contribution >= 4 is 11.9 Å². The highest BCUT2D eigenvalue weighted by molar-refractivity contribution is 5.93. The topological polar surface area (TPSA) is 91.3 Å². The van der Waals surface area contributed by atoms with Gasteiger partial charge in [0.25, 0.3) is 0 Å². The minimum Gasteiger partial charge on any atom is -0.465 e. The molecule has 0 aromatic heterocycles. The van der Waals surface area contributed by atoms with Crippen LogP contribution in [0.5, 0.6) is 11.5 Å². The smallest absolute Gasteiger partial charge is 0.358 e. The summed E-state index contributed by atoms with van der Waals surface area (Å²) in [6, 6.07) is 12.4. The average Bonchev–Trinajstić information content (AvgIpc) is 2.61. The lowest BCUT2D eigenvalue weighted by Crippen LogP contribution is -2.25. The molecule has 0 radical (unpaired) electrons. The molecule has 7 heteroatoms. The van der Waals surface area contributed by atoms with Gasteiger partial charge in [-0.05, 0) is 24.3 Å². The summed E-state index contributed by atoms with van der Waals surface area (Å²) in [6.45, 7) is -1.75. The van der Waals surface area contributed by atoms with Crippen molar-refractivity contribution < 1.29 is 33.6 Å². The predicted octanol–water partition coefficient (Wildman–Crippen LogP) is 1.99. The number of rotatable bonds is 6. The Morgan fingerprint density at radius 3 is 1.54 bits per heavy atom. The largest absolute Gasteiger partial charge is 0.465 e. The van der Waals surface area contributed by atoms with Crippen LogP contribution >= 0.6 is 0 Å². The second-order valence-corrected chi connectivity index (χ2v) is 4.52. The van der Waals surface area contributed by atoms with Crippen molar-refractivity contribution in [3.63, 3.8) is 0 Å². The van der Waals surface area contributed by atoms with E-state index in [2.05, 4.69) is 9.47 Å². The molecule has 0 aliphatic heterocycles. The molecule has 0 spiro atoms. The van der Waals surface area contributed by atoms with Crippen LogP contribution in [-0.4, -0.2) is 37.7 Å². The van der Waals surface area contributed by atoms with Gasteiger partial charge in [0.1, 0.15) is 22.6 Å². The normalized spacial score (nSPS) is 10.2. The van der Waals surface area contributed by atoms with Crippen molar-refractivity contribution in [3.8, 4) is 11.5 Å². The maximum atomic E-state index is 11.7. The van der Waals surface area contributed by atoms with E-state index < -0.39 is 18.4 Å². The summed E-state index contributed by atoms with van der Waals surface area (Å²) >= 11 is 0. The lowest BCUT2D eigenvalue weighted by molar-refractivity contribution is -0.160. The summed E-state index contributed by atoms with van der Waals surface area (Å²) in [7, 11) is 2.47. The lowest BCUT2D eigenvalue weighted by atomic mass is 10.2. The van der Waals surface area contributed by atoms with Gasteiger partial charge in [-0.25, -0.2) is 9.59 Å². The third kappa shape index (κ3) is 4.02. The fourth-order valence-electron chi connectivity index (χ4n) is 1.94. The van der Waals surface area contributed by atoms with Gasteiger partial charge >= 0.3 is 18.4 Å². The van der Waals surface area contributed by atoms with E-state index in [0.29, 0.717) is 0 Å². The highest BCUT2D eigenvalue weighted by Crippen LogP contribution is 2.23. The van der Waals surface area contributed by atoms with Gasteiger partial charge in [0.15, 0.2) is 0 Å². The maximum Gasteiger partial charge on any atom is 0.358 e. The van der Waals surface area contributed by atoms with E-state index in [1.807, 2.05) is 0 Å². The Balaban J connectivity index is 2.17. The SMILES string of the molecule is COC(=O)c1ccccc1OC(O)Oc1ccccc1C(=O)OC. The van der Waals surface area contributed by atoms with Gasteiger partial charge < -0.3 is 24.1 Å². The molecule has 0 saturated carbocycles. The predicted molar refractivity (Wildman–Crippen MR) is 82.8 cm³/mol. The van der Waals surface area contributed by atoms with E-state index in [4.69, 9.17) is 9.47 Å². The van der Waals surface area contributed by atoms with Crippen molar-refractivity contribution in [2.24, 2.45) is 0 Å². The molecule has 24 heavy (non-hydrogen) atoms. The molecule has 2 aromatic carbocycles. The Bertz CT molecular complexity index is 665. The van der Waals surface area contributed by atoms with E-state index in [-0.39, 0.29) is 22.6 Å². The number of aliphatic hydroxyl groups excluding tert-OH is 1. The first-order chi connectivity index (χ1) is 11.6. The van der Waals surface area contributed by atoms with Crippen molar-refractivity contribution in [2.75, 3.05) is 14.2 Å². The fourth-order valence-corrected chi connectivity index (χ4v) is 1.94. The summed E-state index contributed by atoms with van der Waals surface area (Å²) in [6.07, 6.45) is 0. The summed E-state index contributed by atoms with van der Waals surface area (Å²) in [5.74, 6) is -1.08. The number of methoxy groups -OCH3 is 2. The van der Waals surface area contributed by atoms with Crippen LogP contribution < -0.4 is 9.47 Å². The number of benzene rings is 2. The zero-order valence-corrected chi connectivity index (χ0v) is 13.1. The van der Waals surface area contributed by atoms with Crippen LogP contribution in [0.3, 0.4) is 0 Å². The third-order valence-electron chi connectivity index (χ3n) is 3.04. The fraction of sp³-hybridized carbons (Fsp3) is 0.176. The summed E-state index contributed by atoms with van der Waals surface area (Å²) in [5.41, 5.74) is 0.257. The number of hydrogen-bond donors (Lipinski definition) is 1. The zero-order valence-electron chi connectivity index (χ0n) is 13.1. The van der Waals surface area contributed by atoms with E-state index in [0.717, 1.165) is 0 Å². The van der Waals surface area contributed by atoms with Crippen molar-refractivity contribution in [1.29, 1.82) is 0 Å². The van der Waals surface area contributed by atoms with E-state index in [9.17, 15) is 14.7 Å². The second-order valence-electron chi connectivity index (χ2n) is 4.52. The van der Waals surface area contributed by atoms with Crippen LogP contribution in [0.1, 0.15) is 20.7 Å². The minimum absolute atomic E-state index is 0.0763. The molecule has 126 valence electrons. The molecule has 7 nitrogen and oxygen atoms in total. The number of carbonyl (C=O) groups is 2. The minimum atomic E-state index is -1.75. The first-order valence-electron chi connectivity index (χ1n) is 6.93. The molecule has 2 aromatic rings. The van der Waals surface area contributed by atoms with Crippen LogP contribution in [0.4, 0.5) is 0 Å². The van der Waals surface area contributed by atoms with Gasteiger partial charge in [0.2, 0.25) is 0 Å². The van der Waals surface area contributed by atoms with Crippen LogP contribution in [0.25, 0.3) is 0 Å².